The molecule has 652 valence electrons. The third-order valence-corrected chi connectivity index (χ3v) is 16.2. The maximum atomic E-state index is 15.2. The lowest BCUT2D eigenvalue weighted by Gasteiger charge is -2.31. The normalized spacial score (nSPS) is 16.5. The average Bonchev–Trinajstić information content (AvgIpc) is 0.808. The molecule has 0 bridgehead atoms. The van der Waals surface area contributed by atoms with E-state index in [0.717, 1.165) is 0 Å². The van der Waals surface area contributed by atoms with Crippen LogP contribution in [0, 0.1) is 17.3 Å². The van der Waals surface area contributed by atoms with Gasteiger partial charge in [-0.1, -0.05) is 41.5 Å². The number of amides is 12. The molecule has 11 atom stereocenters. The Labute approximate surface area is 673 Å². The third kappa shape index (κ3) is 43.5. The van der Waals surface area contributed by atoms with Crippen LogP contribution in [-0.2, 0) is 76.4 Å². The van der Waals surface area contributed by atoms with Crippen LogP contribution in [0.5, 0.6) is 0 Å². The number of ketones is 1. The molecule has 0 saturated heterocycles. The lowest BCUT2D eigenvalue weighted by molar-refractivity contribution is -0.150. The summed E-state index contributed by atoms with van der Waals surface area (Å²) >= 11 is 0. The molecule has 1 aliphatic rings. The van der Waals surface area contributed by atoms with Crippen LogP contribution in [0.2, 0.25) is 0 Å². The summed E-state index contributed by atoms with van der Waals surface area (Å²) in [4.78, 5) is 201. The molecule has 1 rings (SSSR count). The van der Waals surface area contributed by atoms with Gasteiger partial charge in [-0.3, -0.25) is 48.1 Å². The molecule has 114 heavy (non-hydrogen) atoms. The van der Waals surface area contributed by atoms with Crippen LogP contribution in [0.3, 0.4) is 0 Å². The van der Waals surface area contributed by atoms with Gasteiger partial charge in [-0.15, -0.1) is 0 Å². The highest BCUT2D eigenvalue weighted by molar-refractivity contribution is 6.22. The fourth-order valence-corrected chi connectivity index (χ4v) is 11.4. The number of aliphatic carboxylic acids is 1. The number of aliphatic imine (C=N–C) groups is 1. The first kappa shape index (κ1) is 103. The van der Waals surface area contributed by atoms with Crippen LogP contribution in [0.4, 0.5) is 19.2 Å². The Bertz CT molecular complexity index is 3350. The maximum absolute atomic E-state index is 15.2. The smallest absolute Gasteiger partial charge is 0.407 e. The Morgan fingerprint density at radius 2 is 0.684 bits per heavy atom. The van der Waals surface area contributed by atoms with E-state index in [2.05, 4.69) is 68.8 Å². The number of nitrogens with one attached hydrogen (secondary N) is 12. The molecule has 1 aliphatic carbocycles. The lowest BCUT2D eigenvalue weighted by Crippen LogP contribution is -2.61. The van der Waals surface area contributed by atoms with Crippen molar-refractivity contribution in [2.24, 2.45) is 28.0 Å². The molecular weight excluding hydrogens is 1480 g/mol. The number of ether oxygens (including phenoxy) is 6. The average molecular weight is 1620 g/mol. The summed E-state index contributed by atoms with van der Waals surface area (Å²) in [6.45, 7) is 43.1. The van der Waals surface area contributed by atoms with Crippen molar-refractivity contribution >= 4 is 89.1 Å². The molecule has 36 heteroatoms. The van der Waals surface area contributed by atoms with Crippen LogP contribution in [0.25, 0.3) is 0 Å². The first-order valence-corrected chi connectivity index (χ1v) is 39.0. The minimum absolute atomic E-state index is 0.0219. The van der Waals surface area contributed by atoms with Crippen LogP contribution < -0.4 is 69.5 Å². The third-order valence-electron chi connectivity index (χ3n) is 16.2. The summed E-state index contributed by atoms with van der Waals surface area (Å²) in [6.07, 6.45) is -7.47. The van der Waals surface area contributed by atoms with Crippen LogP contribution in [-0.4, -0.2) is 232 Å². The zero-order valence-electron chi connectivity index (χ0n) is 72.5. The molecule has 0 aromatic heterocycles. The molecule has 0 aromatic carbocycles. The van der Waals surface area contributed by atoms with E-state index >= 15 is 14.4 Å². The number of Topliss-reactive ketones (excluding diaryl/α,β-unsaturated/α-hetero) is 1. The first-order chi connectivity index (χ1) is 51.9. The van der Waals surface area contributed by atoms with Crippen molar-refractivity contribution in [1.82, 2.24) is 63.8 Å². The van der Waals surface area contributed by atoms with Crippen LogP contribution in [0.15, 0.2) is 16.3 Å². The highest BCUT2D eigenvalue weighted by atomic mass is 16.6. The molecule has 16 N–H and O–H groups in total. The van der Waals surface area contributed by atoms with Gasteiger partial charge in [0, 0.05) is 51.3 Å². The van der Waals surface area contributed by atoms with Gasteiger partial charge in [0.15, 0.2) is 11.8 Å². The summed E-state index contributed by atoms with van der Waals surface area (Å²) < 4.78 is 33.4. The van der Waals surface area contributed by atoms with Crippen LogP contribution in [0.1, 0.15) is 245 Å². The molecule has 36 nitrogen and oxygen atoms in total. The Kier molecular flexibility index (Phi) is 41.0. The summed E-state index contributed by atoms with van der Waals surface area (Å²) in [5.41, 5.74) is 0.478. The molecule has 0 aromatic rings. The fourth-order valence-electron chi connectivity index (χ4n) is 11.4. The molecule has 0 spiro atoms. The van der Waals surface area contributed by atoms with Gasteiger partial charge in [0.2, 0.25) is 47.3 Å². The molecule has 0 unspecified atom stereocenters. The second-order valence-corrected chi connectivity index (χ2v) is 36.3. The van der Waals surface area contributed by atoms with Gasteiger partial charge in [0.1, 0.15) is 76.5 Å². The van der Waals surface area contributed by atoms with E-state index in [-0.39, 0.29) is 112 Å². The van der Waals surface area contributed by atoms with Gasteiger partial charge in [-0.25, -0.2) is 24.0 Å². The van der Waals surface area contributed by atoms with Gasteiger partial charge in [-0.2, -0.15) is 0 Å². The van der Waals surface area contributed by atoms with E-state index in [9.17, 15) is 63.0 Å². The molecule has 0 heterocycles. The van der Waals surface area contributed by atoms with Crippen molar-refractivity contribution in [2.75, 3.05) is 32.7 Å². The van der Waals surface area contributed by atoms with Crippen LogP contribution >= 0.6 is 0 Å². The first-order valence-electron chi connectivity index (χ1n) is 39.0. The second kappa shape index (κ2) is 45.4. The topological polar surface area (TPSA) is 518 Å². The van der Waals surface area contributed by atoms with E-state index in [1.165, 1.54) is 13.8 Å². The summed E-state index contributed by atoms with van der Waals surface area (Å²) in [6, 6.07) is -14.3. The highest BCUT2D eigenvalue weighted by Crippen LogP contribution is 2.36. The number of hydrogen-bond acceptors (Lipinski definition) is 23. The Balaban J connectivity index is 4.22. The molecule has 0 fully saturated rings. The van der Waals surface area contributed by atoms with Crippen molar-refractivity contribution in [3.63, 3.8) is 0 Å². The monoisotopic (exact) mass is 1620 g/mol. The number of allylic oxidation sites excluding steroid dienone is 2. The number of alkyl carbamates (subject to hydrolysis) is 4. The predicted molar refractivity (Wildman–Crippen MR) is 426 cm³/mol. The molecule has 12 amide bonds. The van der Waals surface area contributed by atoms with E-state index in [4.69, 9.17) is 34.2 Å². The standard InChI is InChI=1S/C78H138N14O22/c1-42(2)38-52(64(100)88-48(29-34-81-68(105)111-74(14,15)16)60(96)87-51(32-37-84-71(108)114-77(23,24)25)63(99)92-58(67(103)104)46(7)110-73(11,12)13)91-65(101)53(39-43(3)4)90-62(98)49(30-35-82-69(106)112-75(17,18)19)86-59(95)47(28-33-80-44(5)56-54(93)40-78(26,27)41-55(56)94)85-61(97)50(31-36-83-70(107)113-76(20,21)22)89-66(102)57(79)45(6)109-72(8,9)10/h42-43,45-53,57-58,93H,28-41,79H2,1-27H3,(H,81,105)(H,82,106)(H,83,107)(H,84,108)(H,85,97)(H,86,95)(H,87,96)(H,88,100)(H,89,102)(H,90,98)(H,91,101)(H,92,99)(H,103,104)/t45-,46-,47+,48+,49+,50+,51+,52+,53-,57+,58+/m1/s1. The number of carboxylic acids is 1. The maximum Gasteiger partial charge on any atom is 0.407 e. The molecule has 0 saturated carbocycles. The molecule has 0 aliphatic heterocycles. The van der Waals surface area contributed by atoms with Gasteiger partial charge in [0.25, 0.3) is 0 Å². The number of carbonyl (C=O) groups excluding carboxylic acids is 13. The Morgan fingerprint density at radius 3 is 0.965 bits per heavy atom. The number of nitrogens with two attached hydrogens (primary N) is 1. The number of carbonyl (C=O) groups is 14. The van der Waals surface area contributed by atoms with Crippen molar-refractivity contribution in [2.45, 2.75) is 345 Å². The number of nitrogens with zero attached hydrogens (tertiary/aromatic N) is 1. The largest absolute Gasteiger partial charge is 0.511 e. The minimum Gasteiger partial charge on any atom is -0.511 e. The Hall–Kier alpha value is -8.93. The predicted octanol–water partition coefficient (Wildman–Crippen LogP) is 5.49. The minimum atomic E-state index is -1.70. The zero-order valence-corrected chi connectivity index (χ0v) is 72.5. The lowest BCUT2D eigenvalue weighted by atomic mass is 9.76. The van der Waals surface area contributed by atoms with Crippen molar-refractivity contribution < 1.29 is 106 Å². The summed E-state index contributed by atoms with van der Waals surface area (Å²) in [5, 5.41) is 52.4. The van der Waals surface area contributed by atoms with Gasteiger partial charge in [-0.05, 0) is 208 Å². The van der Waals surface area contributed by atoms with E-state index in [1.807, 2.05) is 13.8 Å². The highest BCUT2D eigenvalue weighted by Gasteiger charge is 2.40. The van der Waals surface area contributed by atoms with Gasteiger partial charge >= 0.3 is 30.3 Å². The fraction of sp³-hybridized carbons (Fsp3) is 0.782. The molecular formula is C78H138N14O22. The summed E-state index contributed by atoms with van der Waals surface area (Å²) in [5.74, 6) is -10.8. The van der Waals surface area contributed by atoms with Gasteiger partial charge in [0.05, 0.1) is 29.0 Å². The number of rotatable bonds is 41. The van der Waals surface area contributed by atoms with Crippen molar-refractivity contribution in [1.29, 1.82) is 0 Å². The molecule has 0 radical (unpaired) electrons. The van der Waals surface area contributed by atoms with Gasteiger partial charge < -0.3 is 108 Å². The van der Waals surface area contributed by atoms with E-state index in [1.54, 1.807) is 159 Å². The SMILES string of the molecule is CC(=NCC[C@H](NC(=O)[C@H](CCNC(=O)OC(C)(C)C)NC(=O)[C@@H](N)[C@@H](C)OC(C)(C)C)C(=O)N[C@@H](CCNC(=O)OC(C)(C)C)C(=O)N[C@H](CC(C)C)C(=O)N[C@@H](CC(C)C)C(=O)N[C@@H](CCNC(=O)OC(C)(C)C)C(=O)N[C@@H](CCNC(=O)OC(C)(C)C)C(=O)N[C@H](C(=O)O)[C@@H](C)OC(C)(C)C)C1=C(O)CC(C)(C)CC1=O. The summed E-state index contributed by atoms with van der Waals surface area (Å²) in [7, 11) is 0. The van der Waals surface area contributed by atoms with E-state index in [0.29, 0.717) is 0 Å². The Morgan fingerprint density at radius 1 is 0.412 bits per heavy atom. The number of aliphatic hydroxyl groups excluding tert-OH is 1. The van der Waals surface area contributed by atoms with Crippen molar-refractivity contribution in [3.05, 3.63) is 11.3 Å². The quantitative estimate of drug-likeness (QED) is 0.0266. The zero-order chi connectivity index (χ0) is 88.2. The number of carboxylic acid groups (broad SMARTS) is 1. The number of hydrogen-bond donors (Lipinski definition) is 15. The number of aliphatic hydroxyl groups is 1. The van der Waals surface area contributed by atoms with E-state index < -0.39 is 196 Å². The second-order valence-electron chi connectivity index (χ2n) is 36.3. The van der Waals surface area contributed by atoms with Crippen molar-refractivity contribution in [3.8, 4) is 0 Å².